The molecule has 0 saturated heterocycles. The molecule has 0 aromatic heterocycles. The first kappa shape index (κ1) is 12.4. The number of ether oxygens (including phenoxy) is 1. The van der Waals surface area contributed by atoms with Gasteiger partial charge in [-0.1, -0.05) is 47.1 Å². The molecule has 0 aliphatic carbocycles. The number of halogens is 1. The lowest BCUT2D eigenvalue weighted by atomic mass is 10.00. The molecule has 0 aliphatic rings. The molecule has 5 heteroatoms. The Hall–Kier alpha value is -2.07. The molecule has 0 radical (unpaired) electrons. The van der Waals surface area contributed by atoms with Gasteiger partial charge in [0.15, 0.2) is 5.17 Å². The van der Waals surface area contributed by atoms with Gasteiger partial charge in [0.05, 0.1) is 12.7 Å². The highest BCUT2D eigenvalue weighted by atomic mass is 35.5. The van der Waals surface area contributed by atoms with Crippen LogP contribution < -0.4 is 0 Å². The molecule has 0 amide bonds. The molecular formula is C13H10ClNO3. The summed E-state index contributed by atoms with van der Waals surface area (Å²) < 4.78 is 4.72. The van der Waals surface area contributed by atoms with Crippen LogP contribution in [0.15, 0.2) is 41.6 Å². The van der Waals surface area contributed by atoms with Crippen LogP contribution in [-0.2, 0) is 4.74 Å². The molecule has 0 heterocycles. The number of carbonyl (C=O) groups excluding carboxylic acids is 1. The van der Waals surface area contributed by atoms with E-state index in [1.54, 1.807) is 24.3 Å². The zero-order valence-corrected chi connectivity index (χ0v) is 10.3. The minimum atomic E-state index is -0.421. The summed E-state index contributed by atoms with van der Waals surface area (Å²) in [6.07, 6.45) is 0. The minimum Gasteiger partial charge on any atom is -0.465 e. The third kappa shape index (κ3) is 2.02. The number of benzene rings is 2. The minimum absolute atomic E-state index is 0.0254. The fraction of sp³-hybridized carbons (Fsp3) is 0.0769. The van der Waals surface area contributed by atoms with Gasteiger partial charge in [0.25, 0.3) is 0 Å². The summed E-state index contributed by atoms with van der Waals surface area (Å²) in [6, 6.07) is 10.4. The van der Waals surface area contributed by atoms with Gasteiger partial charge in [0, 0.05) is 5.56 Å². The average molecular weight is 264 g/mol. The second-order valence-electron chi connectivity index (χ2n) is 3.59. The summed E-state index contributed by atoms with van der Waals surface area (Å²) in [6.45, 7) is 0. The quantitative estimate of drug-likeness (QED) is 0.392. The number of hydrogen-bond donors (Lipinski definition) is 1. The van der Waals surface area contributed by atoms with Crippen LogP contribution >= 0.6 is 11.6 Å². The van der Waals surface area contributed by atoms with Crippen LogP contribution in [0.5, 0.6) is 0 Å². The summed E-state index contributed by atoms with van der Waals surface area (Å²) in [7, 11) is 1.33. The Bertz CT molecular complexity index is 637. The van der Waals surface area contributed by atoms with Crippen molar-refractivity contribution < 1.29 is 14.7 Å². The van der Waals surface area contributed by atoms with Crippen molar-refractivity contribution in [3.8, 4) is 0 Å². The van der Waals surface area contributed by atoms with Crippen molar-refractivity contribution in [2.75, 3.05) is 7.11 Å². The van der Waals surface area contributed by atoms with E-state index in [0.29, 0.717) is 16.5 Å². The highest BCUT2D eigenvalue weighted by molar-refractivity contribution is 6.70. The molecule has 0 bridgehead atoms. The molecule has 0 unspecified atom stereocenters. The zero-order valence-electron chi connectivity index (χ0n) is 9.55. The summed E-state index contributed by atoms with van der Waals surface area (Å²) in [5.41, 5.74) is 1.00. The van der Waals surface area contributed by atoms with Crippen LogP contribution in [-0.4, -0.2) is 23.5 Å². The lowest BCUT2D eigenvalue weighted by Crippen LogP contribution is -2.04. The van der Waals surface area contributed by atoms with E-state index in [0.717, 1.165) is 5.39 Å². The van der Waals surface area contributed by atoms with Gasteiger partial charge < -0.3 is 9.94 Å². The van der Waals surface area contributed by atoms with Gasteiger partial charge in [-0.25, -0.2) is 4.79 Å². The van der Waals surface area contributed by atoms with Crippen molar-refractivity contribution in [3.63, 3.8) is 0 Å². The summed E-state index contributed by atoms with van der Waals surface area (Å²) in [5.74, 6) is -0.421. The second kappa shape index (κ2) is 5.06. The summed E-state index contributed by atoms with van der Waals surface area (Å²) >= 11 is 5.82. The normalized spacial score (nSPS) is 11.6. The van der Waals surface area contributed by atoms with Gasteiger partial charge in [0.1, 0.15) is 0 Å². The lowest BCUT2D eigenvalue weighted by Gasteiger charge is -2.08. The summed E-state index contributed by atoms with van der Waals surface area (Å²) in [5, 5.41) is 13.1. The fourth-order valence-corrected chi connectivity index (χ4v) is 1.99. The Balaban J connectivity index is 2.78. The Morgan fingerprint density at radius 1 is 1.17 bits per heavy atom. The van der Waals surface area contributed by atoms with Crippen molar-refractivity contribution >= 4 is 33.5 Å². The maximum Gasteiger partial charge on any atom is 0.338 e. The Kier molecular flexibility index (Phi) is 3.48. The standard InChI is InChI=1S/C13H10ClNO3/c1-18-13(16)11-7-6-10(12(14)15-17)8-4-2-3-5-9(8)11/h2-7,17H,1H3/b15-12-. The molecule has 0 spiro atoms. The fourth-order valence-electron chi connectivity index (χ4n) is 1.82. The highest BCUT2D eigenvalue weighted by Crippen LogP contribution is 2.25. The van der Waals surface area contributed by atoms with E-state index in [1.807, 2.05) is 12.1 Å². The van der Waals surface area contributed by atoms with Gasteiger partial charge in [-0.05, 0) is 16.8 Å². The second-order valence-corrected chi connectivity index (χ2v) is 3.95. The molecule has 18 heavy (non-hydrogen) atoms. The average Bonchev–Trinajstić information content (AvgIpc) is 2.44. The molecule has 0 saturated carbocycles. The first-order valence-electron chi connectivity index (χ1n) is 5.17. The molecule has 2 aromatic rings. The number of methoxy groups -OCH3 is 1. The molecule has 2 aromatic carbocycles. The predicted octanol–water partition coefficient (Wildman–Crippen LogP) is 3.00. The van der Waals surface area contributed by atoms with Crippen molar-refractivity contribution in [1.82, 2.24) is 0 Å². The number of hydrogen-bond acceptors (Lipinski definition) is 4. The van der Waals surface area contributed by atoms with Crippen molar-refractivity contribution in [1.29, 1.82) is 0 Å². The van der Waals surface area contributed by atoms with Crippen LogP contribution in [0.3, 0.4) is 0 Å². The first-order valence-corrected chi connectivity index (χ1v) is 5.55. The molecule has 4 nitrogen and oxygen atoms in total. The van der Waals surface area contributed by atoms with E-state index in [-0.39, 0.29) is 5.17 Å². The topological polar surface area (TPSA) is 58.9 Å². The Labute approximate surface area is 108 Å². The lowest BCUT2D eigenvalue weighted by molar-refractivity contribution is 0.0603. The van der Waals surface area contributed by atoms with Crippen molar-refractivity contribution in [2.24, 2.45) is 5.16 Å². The van der Waals surface area contributed by atoms with Crippen LogP contribution in [0.1, 0.15) is 15.9 Å². The Morgan fingerprint density at radius 3 is 2.28 bits per heavy atom. The molecule has 0 fully saturated rings. The maximum absolute atomic E-state index is 11.6. The summed E-state index contributed by atoms with van der Waals surface area (Å²) in [4.78, 5) is 11.6. The van der Waals surface area contributed by atoms with E-state index in [9.17, 15) is 4.79 Å². The smallest absolute Gasteiger partial charge is 0.338 e. The van der Waals surface area contributed by atoms with Gasteiger partial charge in [-0.3, -0.25) is 0 Å². The SMILES string of the molecule is COC(=O)c1ccc(/C(Cl)=N/O)c2ccccc12. The van der Waals surface area contributed by atoms with E-state index in [4.69, 9.17) is 21.5 Å². The molecule has 1 N–H and O–H groups in total. The van der Waals surface area contributed by atoms with Crippen LogP contribution in [0.25, 0.3) is 10.8 Å². The molecule has 0 aliphatic heterocycles. The van der Waals surface area contributed by atoms with Crippen molar-refractivity contribution in [2.45, 2.75) is 0 Å². The largest absolute Gasteiger partial charge is 0.465 e. The van der Waals surface area contributed by atoms with Gasteiger partial charge in [-0.2, -0.15) is 0 Å². The van der Waals surface area contributed by atoms with Crippen LogP contribution in [0, 0.1) is 0 Å². The number of fused-ring (bicyclic) bond motifs is 1. The highest BCUT2D eigenvalue weighted by Gasteiger charge is 2.14. The molecule has 0 atom stereocenters. The number of rotatable bonds is 2. The number of nitrogens with zero attached hydrogens (tertiary/aromatic N) is 1. The third-order valence-electron chi connectivity index (χ3n) is 2.64. The predicted molar refractivity (Wildman–Crippen MR) is 69.5 cm³/mol. The van der Waals surface area contributed by atoms with E-state index in [2.05, 4.69) is 5.16 Å². The van der Waals surface area contributed by atoms with E-state index in [1.165, 1.54) is 7.11 Å². The first-order chi connectivity index (χ1) is 8.69. The number of oxime groups is 1. The van der Waals surface area contributed by atoms with Crippen LogP contribution in [0.4, 0.5) is 0 Å². The third-order valence-corrected chi connectivity index (χ3v) is 2.92. The van der Waals surface area contributed by atoms with Gasteiger partial charge in [0.2, 0.25) is 0 Å². The van der Waals surface area contributed by atoms with Crippen molar-refractivity contribution in [3.05, 3.63) is 47.5 Å². The maximum atomic E-state index is 11.6. The molecular weight excluding hydrogens is 254 g/mol. The van der Waals surface area contributed by atoms with Gasteiger partial charge >= 0.3 is 5.97 Å². The number of esters is 1. The van der Waals surface area contributed by atoms with Gasteiger partial charge in [-0.15, -0.1) is 0 Å². The Morgan fingerprint density at radius 2 is 1.72 bits per heavy atom. The monoisotopic (exact) mass is 263 g/mol. The zero-order chi connectivity index (χ0) is 13.1. The van der Waals surface area contributed by atoms with Crippen LogP contribution in [0.2, 0.25) is 0 Å². The molecule has 2 rings (SSSR count). The van der Waals surface area contributed by atoms with E-state index >= 15 is 0 Å². The van der Waals surface area contributed by atoms with E-state index < -0.39 is 5.97 Å². The number of carbonyl (C=O) groups is 1. The molecule has 92 valence electrons.